The number of rotatable bonds is 5. The fourth-order valence-corrected chi connectivity index (χ4v) is 1.03. The minimum atomic E-state index is -0.456. The lowest BCUT2D eigenvalue weighted by atomic mass is 10.2. The van der Waals surface area contributed by atoms with E-state index in [1.54, 1.807) is 11.9 Å². The summed E-state index contributed by atoms with van der Waals surface area (Å²) in [5, 5.41) is 8.72. The molecule has 0 heterocycles. The van der Waals surface area contributed by atoms with Crippen molar-refractivity contribution in [1.82, 2.24) is 9.80 Å². The molecule has 0 aromatic heterocycles. The fourth-order valence-electron chi connectivity index (χ4n) is 1.03. The van der Waals surface area contributed by atoms with Crippen LogP contribution in [0.5, 0.6) is 0 Å². The van der Waals surface area contributed by atoms with Gasteiger partial charge in [-0.05, 0) is 27.8 Å². The first-order chi connectivity index (χ1) is 7.26. The fraction of sp³-hybridized carbons (Fsp3) is 0.909. The van der Waals surface area contributed by atoms with Crippen LogP contribution in [0.15, 0.2) is 0 Å². The van der Waals surface area contributed by atoms with E-state index >= 15 is 0 Å². The molecule has 96 valence electrons. The number of ether oxygens (including phenoxy) is 1. The summed E-state index contributed by atoms with van der Waals surface area (Å²) < 4.78 is 5.21. The summed E-state index contributed by atoms with van der Waals surface area (Å²) in [5.74, 6) is 0. The van der Waals surface area contributed by atoms with Gasteiger partial charge in [0.15, 0.2) is 0 Å². The van der Waals surface area contributed by atoms with Gasteiger partial charge < -0.3 is 19.6 Å². The highest BCUT2D eigenvalue weighted by Crippen LogP contribution is 2.08. The number of carbonyl (C=O) groups excluding carboxylic acids is 1. The van der Waals surface area contributed by atoms with Crippen molar-refractivity contribution in [1.29, 1.82) is 0 Å². The van der Waals surface area contributed by atoms with Crippen molar-refractivity contribution in [2.45, 2.75) is 26.4 Å². The summed E-state index contributed by atoms with van der Waals surface area (Å²) in [6.07, 6.45) is -0.315. The van der Waals surface area contributed by atoms with Gasteiger partial charge in [0.05, 0.1) is 6.61 Å². The van der Waals surface area contributed by atoms with Crippen LogP contribution in [0.3, 0.4) is 0 Å². The third-order valence-corrected chi connectivity index (χ3v) is 2.00. The van der Waals surface area contributed by atoms with Gasteiger partial charge in [-0.1, -0.05) is 0 Å². The molecule has 1 amide bonds. The Morgan fingerprint density at radius 3 is 2.19 bits per heavy atom. The molecule has 0 aliphatic rings. The van der Waals surface area contributed by atoms with E-state index < -0.39 is 5.60 Å². The van der Waals surface area contributed by atoms with Crippen LogP contribution < -0.4 is 0 Å². The lowest BCUT2D eigenvalue weighted by molar-refractivity contribution is 0.0285. The smallest absolute Gasteiger partial charge is 0.410 e. The summed E-state index contributed by atoms with van der Waals surface area (Å²) in [6.45, 7) is 7.58. The predicted molar refractivity (Wildman–Crippen MR) is 63.4 cm³/mol. The Bertz CT molecular complexity index is 214. The number of hydrogen-bond donors (Lipinski definition) is 1. The molecule has 0 aromatic carbocycles. The second-order valence-corrected chi connectivity index (χ2v) is 4.93. The second-order valence-electron chi connectivity index (χ2n) is 4.93. The third-order valence-electron chi connectivity index (χ3n) is 2.00. The molecule has 0 rings (SSSR count). The van der Waals surface area contributed by atoms with Crippen LogP contribution in [0.1, 0.15) is 20.8 Å². The monoisotopic (exact) mass is 232 g/mol. The van der Waals surface area contributed by atoms with Crippen molar-refractivity contribution in [3.63, 3.8) is 0 Å². The van der Waals surface area contributed by atoms with E-state index in [4.69, 9.17) is 9.84 Å². The summed E-state index contributed by atoms with van der Waals surface area (Å²) in [6, 6.07) is 0. The number of hydrogen-bond acceptors (Lipinski definition) is 4. The molecule has 16 heavy (non-hydrogen) atoms. The van der Waals surface area contributed by atoms with Crippen LogP contribution in [-0.2, 0) is 4.74 Å². The number of carbonyl (C=O) groups is 1. The maximum absolute atomic E-state index is 11.6. The first-order valence-corrected chi connectivity index (χ1v) is 5.50. The molecule has 0 fully saturated rings. The number of amides is 1. The molecule has 0 aromatic rings. The van der Waals surface area contributed by atoms with Crippen LogP contribution in [0, 0.1) is 0 Å². The zero-order valence-corrected chi connectivity index (χ0v) is 11.0. The minimum absolute atomic E-state index is 0.132. The van der Waals surface area contributed by atoms with E-state index in [1.165, 1.54) is 0 Å². The molecule has 5 nitrogen and oxygen atoms in total. The zero-order chi connectivity index (χ0) is 12.8. The minimum Gasteiger partial charge on any atom is -0.444 e. The number of likely N-dealkylation sites (N-methyl/N-ethyl adjacent to an activating group) is 2. The predicted octanol–water partition coefficient (Wildman–Crippen LogP) is 0.777. The Balaban J connectivity index is 3.88. The van der Waals surface area contributed by atoms with Crippen molar-refractivity contribution in [3.05, 3.63) is 0 Å². The molecule has 5 heteroatoms. The van der Waals surface area contributed by atoms with Gasteiger partial charge in [0.1, 0.15) is 5.60 Å². The Hall–Kier alpha value is -0.810. The zero-order valence-electron chi connectivity index (χ0n) is 11.0. The van der Waals surface area contributed by atoms with Crippen LogP contribution in [0.4, 0.5) is 4.79 Å². The van der Waals surface area contributed by atoms with E-state index in [0.717, 1.165) is 6.54 Å². The number of aliphatic hydroxyl groups is 1. The Kier molecular flexibility index (Phi) is 6.36. The molecule has 0 radical (unpaired) electrons. The maximum Gasteiger partial charge on any atom is 0.410 e. The SMILES string of the molecule is CN(CCO)CCN(C)C(=O)OC(C)(C)C. The van der Waals surface area contributed by atoms with Crippen LogP contribution in [-0.4, -0.2) is 66.9 Å². The van der Waals surface area contributed by atoms with Gasteiger partial charge in [0, 0.05) is 26.7 Å². The van der Waals surface area contributed by atoms with Crippen LogP contribution >= 0.6 is 0 Å². The molecule has 0 spiro atoms. The van der Waals surface area contributed by atoms with Gasteiger partial charge in [-0.25, -0.2) is 4.79 Å². The van der Waals surface area contributed by atoms with Crippen molar-refractivity contribution in [3.8, 4) is 0 Å². The van der Waals surface area contributed by atoms with Gasteiger partial charge in [-0.15, -0.1) is 0 Å². The Morgan fingerprint density at radius 1 is 1.19 bits per heavy atom. The normalized spacial score (nSPS) is 11.7. The van der Waals surface area contributed by atoms with Gasteiger partial charge in [0.2, 0.25) is 0 Å². The van der Waals surface area contributed by atoms with Gasteiger partial charge >= 0.3 is 6.09 Å². The Labute approximate surface area is 98.0 Å². The molecule has 0 bridgehead atoms. The van der Waals surface area contributed by atoms with Gasteiger partial charge in [-0.2, -0.15) is 0 Å². The van der Waals surface area contributed by atoms with Crippen LogP contribution in [0.25, 0.3) is 0 Å². The third kappa shape index (κ3) is 7.48. The molecule has 0 atom stereocenters. The summed E-state index contributed by atoms with van der Waals surface area (Å²) in [4.78, 5) is 15.1. The summed E-state index contributed by atoms with van der Waals surface area (Å²) >= 11 is 0. The molecule has 0 unspecified atom stereocenters. The van der Waals surface area contributed by atoms with Crippen LogP contribution in [0.2, 0.25) is 0 Å². The van der Waals surface area contributed by atoms with E-state index in [2.05, 4.69) is 0 Å². The van der Waals surface area contributed by atoms with Gasteiger partial charge in [-0.3, -0.25) is 0 Å². The largest absolute Gasteiger partial charge is 0.444 e. The first-order valence-electron chi connectivity index (χ1n) is 5.50. The highest BCUT2D eigenvalue weighted by Gasteiger charge is 2.19. The molecule has 0 aliphatic carbocycles. The molecule has 0 saturated heterocycles. The van der Waals surface area contributed by atoms with Crippen molar-refractivity contribution in [2.24, 2.45) is 0 Å². The van der Waals surface area contributed by atoms with E-state index in [9.17, 15) is 4.79 Å². The molecule has 1 N–H and O–H groups in total. The molecule has 0 saturated carbocycles. The molecular formula is C11H24N2O3. The topological polar surface area (TPSA) is 53.0 Å². The average Bonchev–Trinajstić information content (AvgIpc) is 2.11. The average molecular weight is 232 g/mol. The Morgan fingerprint density at radius 2 is 1.75 bits per heavy atom. The lowest BCUT2D eigenvalue weighted by Crippen LogP contribution is -2.38. The summed E-state index contributed by atoms with van der Waals surface area (Å²) in [7, 11) is 3.61. The van der Waals surface area contributed by atoms with E-state index in [1.807, 2.05) is 32.7 Å². The maximum atomic E-state index is 11.6. The highest BCUT2D eigenvalue weighted by molar-refractivity contribution is 5.67. The standard InChI is InChI=1S/C11H24N2O3/c1-11(2,3)16-10(15)13(5)7-6-12(4)8-9-14/h14H,6-9H2,1-5H3. The van der Waals surface area contributed by atoms with Crippen molar-refractivity contribution >= 4 is 6.09 Å². The van der Waals surface area contributed by atoms with Crippen molar-refractivity contribution in [2.75, 3.05) is 40.3 Å². The van der Waals surface area contributed by atoms with E-state index in [-0.39, 0.29) is 12.7 Å². The van der Waals surface area contributed by atoms with Gasteiger partial charge in [0.25, 0.3) is 0 Å². The van der Waals surface area contributed by atoms with Crippen molar-refractivity contribution < 1.29 is 14.6 Å². The quantitative estimate of drug-likeness (QED) is 0.761. The second kappa shape index (κ2) is 6.70. The first kappa shape index (κ1) is 15.2. The lowest BCUT2D eigenvalue weighted by Gasteiger charge is -2.26. The molecular weight excluding hydrogens is 208 g/mol. The number of nitrogens with zero attached hydrogens (tertiary/aromatic N) is 2. The molecule has 0 aliphatic heterocycles. The summed E-state index contributed by atoms with van der Waals surface area (Å²) in [5.41, 5.74) is -0.456. The highest BCUT2D eigenvalue weighted by atomic mass is 16.6. The van der Waals surface area contributed by atoms with E-state index in [0.29, 0.717) is 13.1 Å². The number of aliphatic hydroxyl groups excluding tert-OH is 1.